The van der Waals surface area contributed by atoms with Crippen LogP contribution in [-0.2, 0) is 13.1 Å². The summed E-state index contributed by atoms with van der Waals surface area (Å²) in [5, 5.41) is 28.2. The van der Waals surface area contributed by atoms with Gasteiger partial charge >= 0.3 is 0 Å². The van der Waals surface area contributed by atoms with E-state index in [-0.39, 0.29) is 18.1 Å². The van der Waals surface area contributed by atoms with E-state index in [4.69, 9.17) is 27.9 Å². The van der Waals surface area contributed by atoms with Crippen molar-refractivity contribution in [3.8, 4) is 28.0 Å². The lowest BCUT2D eigenvalue weighted by molar-refractivity contribution is 0.102. The molecule has 0 aliphatic carbocycles. The number of aliphatic hydroxyl groups excluding tert-OH is 2. The maximum absolute atomic E-state index is 15.6. The van der Waals surface area contributed by atoms with Crippen LogP contribution >= 0.6 is 23.2 Å². The monoisotopic (exact) mass is 693 g/mol. The van der Waals surface area contributed by atoms with Gasteiger partial charge in [0.05, 0.1) is 46.8 Å². The van der Waals surface area contributed by atoms with Crippen molar-refractivity contribution in [1.29, 1.82) is 0 Å². The minimum absolute atomic E-state index is 0.120. The molecule has 2 fully saturated rings. The van der Waals surface area contributed by atoms with Gasteiger partial charge in [-0.1, -0.05) is 53.5 Å². The number of ether oxygens (including phenoxy) is 1. The Kier molecular flexibility index (Phi) is 9.47. The average Bonchev–Trinajstić information content (AvgIpc) is 3.82. The number of β-amino-alcohol motifs (C(OH)–C–C–N with tert-alkyl or cyclic N) is 2. The third-order valence-electron chi connectivity index (χ3n) is 9.72. The Morgan fingerprint density at radius 3 is 2.42 bits per heavy atom. The topological polar surface area (TPSA) is 103 Å². The highest BCUT2D eigenvalue weighted by molar-refractivity contribution is 6.39. The van der Waals surface area contributed by atoms with E-state index in [1.807, 2.05) is 39.9 Å². The summed E-state index contributed by atoms with van der Waals surface area (Å²) in [5.41, 5.74) is 4.51. The van der Waals surface area contributed by atoms with Gasteiger partial charge in [0.1, 0.15) is 11.6 Å². The summed E-state index contributed by atoms with van der Waals surface area (Å²) in [5.74, 6) is -0.386. The summed E-state index contributed by atoms with van der Waals surface area (Å²) in [7, 11) is 1.51. The first-order chi connectivity index (χ1) is 23.2. The van der Waals surface area contributed by atoms with Crippen LogP contribution in [-0.4, -0.2) is 81.2 Å². The molecular weight excluding hydrogens is 656 g/mol. The van der Waals surface area contributed by atoms with Crippen molar-refractivity contribution < 1.29 is 24.1 Å². The molecule has 4 heterocycles. The first kappa shape index (κ1) is 33.0. The van der Waals surface area contributed by atoms with Gasteiger partial charge in [0.25, 0.3) is 5.91 Å². The fourth-order valence-electron chi connectivity index (χ4n) is 7.26. The van der Waals surface area contributed by atoms with E-state index < -0.39 is 11.9 Å². The number of benzene rings is 3. The van der Waals surface area contributed by atoms with Gasteiger partial charge in [0.2, 0.25) is 0 Å². The molecule has 0 spiro atoms. The van der Waals surface area contributed by atoms with Gasteiger partial charge in [0.15, 0.2) is 5.69 Å². The summed E-state index contributed by atoms with van der Waals surface area (Å²) in [4.78, 5) is 17.8. The molecule has 1 aromatic heterocycles. The number of carbonyl (C=O) groups is 1. The third-order valence-corrected chi connectivity index (χ3v) is 10.5. The van der Waals surface area contributed by atoms with E-state index in [1.165, 1.54) is 13.2 Å². The minimum atomic E-state index is -0.416. The Hall–Kier alpha value is -3.51. The minimum Gasteiger partial charge on any atom is -0.496 e. The van der Waals surface area contributed by atoms with Crippen LogP contribution in [0.25, 0.3) is 22.3 Å². The van der Waals surface area contributed by atoms with Gasteiger partial charge in [-0.3, -0.25) is 19.3 Å². The smallest absolute Gasteiger partial charge is 0.276 e. The number of hydrogen-bond donors (Lipinski definition) is 3. The number of carbonyl (C=O) groups excluding carboxylic acids is 1. The molecule has 4 aromatic rings. The van der Waals surface area contributed by atoms with Crippen LogP contribution in [0.1, 0.15) is 53.5 Å². The zero-order valence-corrected chi connectivity index (χ0v) is 28.1. The molecule has 9 nitrogen and oxygen atoms in total. The number of aliphatic hydroxyl groups is 2. The Morgan fingerprint density at radius 1 is 0.958 bits per heavy atom. The molecule has 3 aliphatic rings. The van der Waals surface area contributed by atoms with Crippen LogP contribution in [0, 0.1) is 5.82 Å². The fraction of sp³-hybridized carbons (Fsp3) is 0.389. The van der Waals surface area contributed by atoms with E-state index in [9.17, 15) is 15.0 Å². The third kappa shape index (κ3) is 6.45. The number of methoxy groups -OCH3 is 1. The molecule has 2 saturated heterocycles. The molecule has 3 N–H and O–H groups in total. The van der Waals surface area contributed by atoms with Crippen LogP contribution in [0.4, 0.5) is 10.1 Å². The van der Waals surface area contributed by atoms with E-state index in [0.29, 0.717) is 87.6 Å². The van der Waals surface area contributed by atoms with Crippen molar-refractivity contribution in [3.63, 3.8) is 0 Å². The number of nitrogens with one attached hydrogen (secondary N) is 1. The Bertz CT molecular complexity index is 1850. The molecule has 1 unspecified atom stereocenters. The second-order valence-electron chi connectivity index (χ2n) is 12.9. The standard InChI is InChI=1S/C36H38Cl2FN5O4/c1-48-33-16-21(15-28(39)27(33)20-42-13-10-22(45)18-42)24-5-2-6-25(34(24)37)26-7-3-8-29(35(26)38)40-36(47)30-17-32-31(9-4-12-44(32)41-30)43-14-11-23(46)19-43/h2-3,5-8,15-17,22-23,31,45-46H,4,9-14,18-20H2,1H3,(H,40,47)/t22-,23-,31?/m1/s1. The van der Waals surface area contributed by atoms with Gasteiger partial charge in [0, 0.05) is 61.5 Å². The zero-order valence-electron chi connectivity index (χ0n) is 26.6. The van der Waals surface area contributed by atoms with Gasteiger partial charge < -0.3 is 20.3 Å². The molecule has 0 bridgehead atoms. The van der Waals surface area contributed by atoms with E-state index >= 15 is 4.39 Å². The van der Waals surface area contributed by atoms with Crippen molar-refractivity contribution in [2.24, 2.45) is 0 Å². The van der Waals surface area contributed by atoms with Crippen molar-refractivity contribution in [3.05, 3.63) is 87.4 Å². The SMILES string of the molecule is COc1cc(-c2cccc(-c3cccc(NC(=O)c4cc5n(n4)CCCC5N4CC[C@@H](O)C4)c3Cl)c2Cl)cc(F)c1CN1CC[C@@H](O)C1. The molecule has 3 aliphatic heterocycles. The molecular formula is C36H38Cl2FN5O4. The van der Waals surface area contributed by atoms with Crippen molar-refractivity contribution in [2.75, 3.05) is 38.6 Å². The van der Waals surface area contributed by atoms with Gasteiger partial charge in [-0.25, -0.2) is 4.39 Å². The number of rotatable bonds is 8. The number of aromatic nitrogens is 2. The van der Waals surface area contributed by atoms with Gasteiger partial charge in [-0.05, 0) is 55.5 Å². The number of likely N-dealkylation sites (tertiary alicyclic amines) is 2. The number of amides is 1. The predicted octanol–water partition coefficient (Wildman–Crippen LogP) is 6.39. The normalized spacial score (nSPS) is 21.4. The molecule has 1 amide bonds. The second kappa shape index (κ2) is 13.8. The molecule has 48 heavy (non-hydrogen) atoms. The number of fused-ring (bicyclic) bond motifs is 1. The summed E-state index contributed by atoms with van der Waals surface area (Å²) in [6.45, 7) is 3.70. The summed E-state index contributed by atoms with van der Waals surface area (Å²) in [6, 6.07) is 16.0. The fourth-order valence-corrected chi connectivity index (χ4v) is 7.87. The van der Waals surface area contributed by atoms with Crippen molar-refractivity contribution in [2.45, 2.75) is 57.0 Å². The second-order valence-corrected chi connectivity index (χ2v) is 13.6. The zero-order chi connectivity index (χ0) is 33.5. The Morgan fingerprint density at radius 2 is 1.69 bits per heavy atom. The number of aryl methyl sites for hydroxylation is 1. The van der Waals surface area contributed by atoms with Gasteiger partial charge in [-0.15, -0.1) is 0 Å². The van der Waals surface area contributed by atoms with Crippen LogP contribution in [0.3, 0.4) is 0 Å². The maximum atomic E-state index is 15.6. The number of anilines is 1. The van der Waals surface area contributed by atoms with Crippen LogP contribution < -0.4 is 10.1 Å². The molecule has 252 valence electrons. The molecule has 0 radical (unpaired) electrons. The Balaban J connectivity index is 1.14. The lowest BCUT2D eigenvalue weighted by Crippen LogP contribution is -2.32. The molecule has 0 saturated carbocycles. The van der Waals surface area contributed by atoms with Crippen molar-refractivity contribution >= 4 is 34.8 Å². The predicted molar refractivity (Wildman–Crippen MR) is 184 cm³/mol. The highest BCUT2D eigenvalue weighted by Gasteiger charge is 2.33. The lowest BCUT2D eigenvalue weighted by Gasteiger charge is -2.31. The number of hydrogen-bond acceptors (Lipinski definition) is 7. The summed E-state index contributed by atoms with van der Waals surface area (Å²) >= 11 is 13.9. The van der Waals surface area contributed by atoms with E-state index in [2.05, 4.69) is 15.3 Å². The quantitative estimate of drug-likeness (QED) is 0.197. The van der Waals surface area contributed by atoms with Crippen molar-refractivity contribution in [1.82, 2.24) is 19.6 Å². The highest BCUT2D eigenvalue weighted by atomic mass is 35.5. The van der Waals surface area contributed by atoms with Crippen LogP contribution in [0.5, 0.6) is 5.75 Å². The molecule has 3 atom stereocenters. The van der Waals surface area contributed by atoms with Gasteiger partial charge in [-0.2, -0.15) is 5.10 Å². The highest BCUT2D eigenvalue weighted by Crippen LogP contribution is 2.43. The van der Waals surface area contributed by atoms with E-state index in [1.54, 1.807) is 18.2 Å². The van der Waals surface area contributed by atoms with E-state index in [0.717, 1.165) is 38.0 Å². The lowest BCUT2D eigenvalue weighted by atomic mass is 9.97. The number of halogens is 3. The molecule has 12 heteroatoms. The number of nitrogens with zero attached hydrogens (tertiary/aromatic N) is 4. The first-order valence-corrected chi connectivity index (χ1v) is 17.1. The Labute approximate surface area is 288 Å². The summed E-state index contributed by atoms with van der Waals surface area (Å²) < 4.78 is 23.1. The molecule has 7 rings (SSSR count). The maximum Gasteiger partial charge on any atom is 0.276 e. The largest absolute Gasteiger partial charge is 0.496 e. The van der Waals surface area contributed by atoms with Crippen LogP contribution in [0.15, 0.2) is 54.6 Å². The van der Waals surface area contributed by atoms with Crippen LogP contribution in [0.2, 0.25) is 10.0 Å². The molecule has 3 aromatic carbocycles. The average molecular weight is 695 g/mol. The first-order valence-electron chi connectivity index (χ1n) is 16.4. The summed E-state index contributed by atoms with van der Waals surface area (Å²) in [6.07, 6.45) is 2.60.